The minimum Gasteiger partial charge on any atom is -0.393 e. The number of rotatable bonds is 16. The number of unbranched alkanes of at least 4 members (excludes halogenated alkanes) is 9. The van der Waals surface area contributed by atoms with Gasteiger partial charge in [0.15, 0.2) is 0 Å². The van der Waals surface area contributed by atoms with E-state index in [1.165, 1.54) is 32.1 Å². The molecule has 0 aliphatic carbocycles. The molecule has 0 bridgehead atoms. The van der Waals surface area contributed by atoms with Gasteiger partial charge in [-0.1, -0.05) is 77.6 Å². The lowest BCUT2D eigenvalue weighted by Gasteiger charge is -2.17. The zero-order valence-corrected chi connectivity index (χ0v) is 15.0. The fourth-order valence-corrected chi connectivity index (χ4v) is 2.84. The van der Waals surface area contributed by atoms with E-state index in [9.17, 15) is 10.2 Å². The van der Waals surface area contributed by atoms with E-state index in [2.05, 4.69) is 6.92 Å². The van der Waals surface area contributed by atoms with Gasteiger partial charge in [0, 0.05) is 0 Å². The highest BCUT2D eigenvalue weighted by atomic mass is 16.3. The number of aliphatic hydroxyl groups excluding tert-OH is 3. The topological polar surface area (TPSA) is 60.7 Å². The van der Waals surface area contributed by atoms with Crippen LogP contribution in [0.2, 0.25) is 0 Å². The summed E-state index contributed by atoms with van der Waals surface area (Å²) in [6.45, 7) is 4.01. The van der Waals surface area contributed by atoms with Gasteiger partial charge in [0.25, 0.3) is 0 Å². The van der Waals surface area contributed by atoms with E-state index in [1.54, 1.807) is 0 Å². The van der Waals surface area contributed by atoms with Crippen molar-refractivity contribution in [1.29, 1.82) is 0 Å². The summed E-state index contributed by atoms with van der Waals surface area (Å²) in [6, 6.07) is 0. The maximum atomic E-state index is 9.89. The molecule has 0 saturated carbocycles. The molecular weight excluding hydrogens is 276 g/mol. The van der Waals surface area contributed by atoms with Crippen molar-refractivity contribution in [3.63, 3.8) is 0 Å². The first kappa shape index (κ1) is 21.9. The molecule has 3 nitrogen and oxygen atoms in total. The second-order valence-electron chi connectivity index (χ2n) is 6.89. The third-order valence-electron chi connectivity index (χ3n) is 4.42. The average molecular weight is 317 g/mol. The van der Waals surface area contributed by atoms with Gasteiger partial charge in [-0.15, -0.1) is 0 Å². The van der Waals surface area contributed by atoms with Gasteiger partial charge in [0.1, 0.15) is 0 Å². The Balaban J connectivity index is 3.27. The van der Waals surface area contributed by atoms with Crippen molar-refractivity contribution in [3.8, 4) is 0 Å². The molecule has 0 fully saturated rings. The fraction of sp³-hybridized carbons (Fsp3) is 1.00. The first-order valence-electron chi connectivity index (χ1n) is 9.62. The van der Waals surface area contributed by atoms with E-state index >= 15 is 0 Å². The lowest BCUT2D eigenvalue weighted by Crippen LogP contribution is -2.25. The van der Waals surface area contributed by atoms with Crippen LogP contribution in [0.1, 0.15) is 104 Å². The first-order valence-corrected chi connectivity index (χ1v) is 9.62. The third-order valence-corrected chi connectivity index (χ3v) is 4.42. The van der Waals surface area contributed by atoms with Crippen LogP contribution in [0.15, 0.2) is 0 Å². The van der Waals surface area contributed by atoms with Crippen LogP contribution < -0.4 is 0 Å². The molecule has 134 valence electrons. The summed E-state index contributed by atoms with van der Waals surface area (Å²) in [7, 11) is 0. The molecule has 0 aromatic heterocycles. The SMILES string of the molecule is CCCCCC(O)C(O)CCCCCCCCCCC(C)O. The number of aliphatic hydroxyl groups is 3. The Hall–Kier alpha value is -0.120. The summed E-state index contributed by atoms with van der Waals surface area (Å²) in [5, 5.41) is 28.9. The second kappa shape index (κ2) is 15.8. The van der Waals surface area contributed by atoms with Gasteiger partial charge in [-0.25, -0.2) is 0 Å². The van der Waals surface area contributed by atoms with Gasteiger partial charge in [0.2, 0.25) is 0 Å². The lowest BCUT2D eigenvalue weighted by atomic mass is 10.00. The Labute approximate surface area is 138 Å². The predicted octanol–water partition coefficient (Wildman–Crippen LogP) is 4.57. The Morgan fingerprint density at radius 3 is 1.32 bits per heavy atom. The zero-order chi connectivity index (χ0) is 16.6. The number of hydrogen-bond acceptors (Lipinski definition) is 3. The van der Waals surface area contributed by atoms with Crippen LogP contribution >= 0.6 is 0 Å². The van der Waals surface area contributed by atoms with Gasteiger partial charge in [-0.2, -0.15) is 0 Å². The summed E-state index contributed by atoms with van der Waals surface area (Å²) in [6.07, 6.45) is 14.1. The standard InChI is InChI=1S/C19H40O3/c1-3-4-11-15-18(21)19(22)16-13-10-8-6-5-7-9-12-14-17(2)20/h17-22H,3-16H2,1-2H3. The van der Waals surface area contributed by atoms with E-state index in [0.29, 0.717) is 0 Å². The highest BCUT2D eigenvalue weighted by Crippen LogP contribution is 2.15. The molecule has 0 aliphatic rings. The van der Waals surface area contributed by atoms with E-state index < -0.39 is 12.2 Å². The first-order chi connectivity index (χ1) is 10.6. The van der Waals surface area contributed by atoms with Crippen molar-refractivity contribution in [3.05, 3.63) is 0 Å². The summed E-state index contributed by atoms with van der Waals surface area (Å²) in [5.41, 5.74) is 0. The normalized spacial score (nSPS) is 15.7. The maximum absolute atomic E-state index is 9.89. The van der Waals surface area contributed by atoms with E-state index in [-0.39, 0.29) is 6.10 Å². The molecule has 3 unspecified atom stereocenters. The van der Waals surface area contributed by atoms with Crippen molar-refractivity contribution in [2.75, 3.05) is 0 Å². The van der Waals surface area contributed by atoms with E-state index in [4.69, 9.17) is 5.11 Å². The highest BCUT2D eigenvalue weighted by molar-refractivity contribution is 4.67. The van der Waals surface area contributed by atoms with Gasteiger partial charge in [0.05, 0.1) is 18.3 Å². The van der Waals surface area contributed by atoms with Crippen LogP contribution in [0.3, 0.4) is 0 Å². The molecule has 0 rings (SSSR count). The van der Waals surface area contributed by atoms with Crippen LogP contribution in [-0.4, -0.2) is 33.6 Å². The molecule has 0 saturated heterocycles. The van der Waals surface area contributed by atoms with Crippen molar-refractivity contribution in [1.82, 2.24) is 0 Å². The van der Waals surface area contributed by atoms with Crippen molar-refractivity contribution in [2.24, 2.45) is 0 Å². The molecule has 22 heavy (non-hydrogen) atoms. The lowest BCUT2D eigenvalue weighted by molar-refractivity contribution is 0.00718. The Morgan fingerprint density at radius 1 is 0.545 bits per heavy atom. The molecule has 0 amide bonds. The maximum Gasteiger partial charge on any atom is 0.0799 e. The fourth-order valence-electron chi connectivity index (χ4n) is 2.84. The monoisotopic (exact) mass is 316 g/mol. The van der Waals surface area contributed by atoms with Gasteiger partial charge in [-0.05, 0) is 26.2 Å². The molecule has 0 aromatic rings. The van der Waals surface area contributed by atoms with Crippen LogP contribution in [0.5, 0.6) is 0 Å². The molecule has 3 N–H and O–H groups in total. The quantitative estimate of drug-likeness (QED) is 0.366. The smallest absolute Gasteiger partial charge is 0.0799 e. The predicted molar refractivity (Wildman–Crippen MR) is 94.0 cm³/mol. The van der Waals surface area contributed by atoms with Gasteiger partial charge in [-0.3, -0.25) is 0 Å². The Kier molecular flexibility index (Phi) is 15.7. The van der Waals surface area contributed by atoms with E-state index in [1.807, 2.05) is 6.92 Å². The minimum absolute atomic E-state index is 0.149. The minimum atomic E-state index is -0.530. The van der Waals surface area contributed by atoms with Crippen LogP contribution in [0, 0.1) is 0 Å². The molecule has 0 spiro atoms. The molecule has 3 heteroatoms. The van der Waals surface area contributed by atoms with Crippen molar-refractivity contribution >= 4 is 0 Å². The van der Waals surface area contributed by atoms with Crippen molar-refractivity contribution in [2.45, 2.75) is 122 Å². The summed E-state index contributed by atoms with van der Waals surface area (Å²) < 4.78 is 0. The van der Waals surface area contributed by atoms with Crippen LogP contribution in [0.4, 0.5) is 0 Å². The Bertz CT molecular complexity index is 219. The molecular formula is C19H40O3. The molecule has 3 atom stereocenters. The highest BCUT2D eigenvalue weighted by Gasteiger charge is 2.14. The van der Waals surface area contributed by atoms with Crippen LogP contribution in [-0.2, 0) is 0 Å². The average Bonchev–Trinajstić information content (AvgIpc) is 2.48. The van der Waals surface area contributed by atoms with Gasteiger partial charge < -0.3 is 15.3 Å². The van der Waals surface area contributed by atoms with Crippen molar-refractivity contribution < 1.29 is 15.3 Å². The molecule has 0 radical (unpaired) electrons. The molecule has 0 aromatic carbocycles. The zero-order valence-electron chi connectivity index (χ0n) is 15.0. The summed E-state index contributed by atoms with van der Waals surface area (Å²) in [5.74, 6) is 0. The van der Waals surface area contributed by atoms with E-state index in [0.717, 1.165) is 57.8 Å². The summed E-state index contributed by atoms with van der Waals surface area (Å²) in [4.78, 5) is 0. The van der Waals surface area contributed by atoms with Gasteiger partial charge >= 0.3 is 0 Å². The summed E-state index contributed by atoms with van der Waals surface area (Å²) >= 11 is 0. The second-order valence-corrected chi connectivity index (χ2v) is 6.89. The molecule has 0 aliphatic heterocycles. The largest absolute Gasteiger partial charge is 0.393 e. The third kappa shape index (κ3) is 14.8. The number of hydrogen-bond donors (Lipinski definition) is 3. The van der Waals surface area contributed by atoms with Crippen LogP contribution in [0.25, 0.3) is 0 Å². The molecule has 0 heterocycles. The Morgan fingerprint density at radius 2 is 0.909 bits per heavy atom.